The van der Waals surface area contributed by atoms with Crippen molar-refractivity contribution in [1.82, 2.24) is 0 Å². The Kier molecular flexibility index (Phi) is 4.38. The van der Waals surface area contributed by atoms with Gasteiger partial charge in [0.1, 0.15) is 17.1 Å². The van der Waals surface area contributed by atoms with Gasteiger partial charge in [-0.3, -0.25) is 0 Å². The van der Waals surface area contributed by atoms with Crippen LogP contribution in [0.1, 0.15) is 58.4 Å². The van der Waals surface area contributed by atoms with Crippen LogP contribution >= 0.6 is 0 Å². The zero-order valence-electron chi connectivity index (χ0n) is 12.7. The van der Waals surface area contributed by atoms with Crippen LogP contribution in [-0.2, 0) is 0 Å². The predicted molar refractivity (Wildman–Crippen MR) is 79.1 cm³/mol. The molecular weight excluding hydrogens is 236 g/mol. The summed E-state index contributed by atoms with van der Waals surface area (Å²) >= 11 is 0. The van der Waals surface area contributed by atoms with Gasteiger partial charge in [0, 0.05) is 0 Å². The molecule has 0 bridgehead atoms. The maximum Gasteiger partial charge on any atom is 0.123 e. The highest BCUT2D eigenvalue weighted by atomic mass is 16.5. The van der Waals surface area contributed by atoms with Crippen molar-refractivity contribution in [2.24, 2.45) is 0 Å². The van der Waals surface area contributed by atoms with Gasteiger partial charge in [-0.05, 0) is 77.1 Å². The van der Waals surface area contributed by atoms with E-state index in [1.165, 1.54) is 32.1 Å². The zero-order chi connectivity index (χ0) is 13.9. The molecule has 19 heavy (non-hydrogen) atoms. The van der Waals surface area contributed by atoms with Crippen LogP contribution in [0.25, 0.3) is 0 Å². The van der Waals surface area contributed by atoms with Gasteiger partial charge in [0.25, 0.3) is 0 Å². The largest absolute Gasteiger partial charge is 0.490 e. The first-order valence-electron chi connectivity index (χ1n) is 7.40. The quantitative estimate of drug-likeness (QED) is 0.772. The van der Waals surface area contributed by atoms with Crippen molar-refractivity contribution in [3.05, 3.63) is 23.8 Å². The molecule has 1 aromatic carbocycles. The summed E-state index contributed by atoms with van der Waals surface area (Å²) in [6.07, 6.45) is 6.75. The SMILES string of the molecule is Cc1cc(OC2CCCCC2)ccc1OC(C)(C)C. The number of hydrogen-bond donors (Lipinski definition) is 0. The van der Waals surface area contributed by atoms with Crippen molar-refractivity contribution in [3.8, 4) is 11.5 Å². The highest BCUT2D eigenvalue weighted by Gasteiger charge is 2.16. The molecule has 0 amide bonds. The Morgan fingerprint density at radius 2 is 1.74 bits per heavy atom. The van der Waals surface area contributed by atoms with Gasteiger partial charge in [-0.2, -0.15) is 0 Å². The molecule has 0 unspecified atom stereocenters. The summed E-state index contributed by atoms with van der Waals surface area (Å²) in [5.74, 6) is 1.93. The number of aryl methyl sites for hydroxylation is 1. The molecular formula is C17H26O2. The summed E-state index contributed by atoms with van der Waals surface area (Å²) in [6, 6.07) is 6.15. The van der Waals surface area contributed by atoms with E-state index in [-0.39, 0.29) is 5.60 Å². The molecule has 1 aliphatic rings. The van der Waals surface area contributed by atoms with E-state index in [1.54, 1.807) is 0 Å². The Bertz CT molecular complexity index is 412. The van der Waals surface area contributed by atoms with Crippen LogP contribution in [0.15, 0.2) is 18.2 Å². The summed E-state index contributed by atoms with van der Waals surface area (Å²) in [6.45, 7) is 8.28. The van der Waals surface area contributed by atoms with Crippen LogP contribution in [0.3, 0.4) is 0 Å². The second kappa shape index (κ2) is 5.85. The van der Waals surface area contributed by atoms with E-state index in [0.29, 0.717) is 6.10 Å². The summed E-state index contributed by atoms with van der Waals surface area (Å²) in [5.41, 5.74) is 0.986. The van der Waals surface area contributed by atoms with E-state index in [9.17, 15) is 0 Å². The molecule has 0 aromatic heterocycles. The molecule has 106 valence electrons. The van der Waals surface area contributed by atoms with Gasteiger partial charge in [0.05, 0.1) is 6.10 Å². The monoisotopic (exact) mass is 262 g/mol. The van der Waals surface area contributed by atoms with Crippen LogP contribution in [0, 0.1) is 6.92 Å². The first-order chi connectivity index (χ1) is 8.94. The summed E-state index contributed by atoms with van der Waals surface area (Å²) < 4.78 is 12.0. The Balaban J connectivity index is 2.01. The Labute approximate surface area is 117 Å². The molecule has 1 saturated carbocycles. The maximum absolute atomic E-state index is 6.07. The Hall–Kier alpha value is -1.18. The van der Waals surface area contributed by atoms with Gasteiger partial charge in [-0.1, -0.05) is 6.42 Å². The minimum Gasteiger partial charge on any atom is -0.490 e. The number of hydrogen-bond acceptors (Lipinski definition) is 2. The molecule has 0 atom stereocenters. The fourth-order valence-electron chi connectivity index (χ4n) is 2.52. The first-order valence-corrected chi connectivity index (χ1v) is 7.40. The van der Waals surface area contributed by atoms with Crippen molar-refractivity contribution >= 4 is 0 Å². The molecule has 2 rings (SSSR count). The van der Waals surface area contributed by atoms with Crippen LogP contribution in [0.4, 0.5) is 0 Å². The molecule has 0 radical (unpaired) electrons. The molecule has 0 N–H and O–H groups in total. The third kappa shape index (κ3) is 4.45. The smallest absolute Gasteiger partial charge is 0.123 e. The summed E-state index contributed by atoms with van der Waals surface area (Å²) in [5, 5.41) is 0. The second-order valence-electron chi connectivity index (χ2n) is 6.52. The number of ether oxygens (including phenoxy) is 2. The average Bonchev–Trinajstić information content (AvgIpc) is 2.33. The highest BCUT2D eigenvalue weighted by Crippen LogP contribution is 2.29. The van der Waals surface area contributed by atoms with Gasteiger partial charge in [0.15, 0.2) is 0 Å². The van der Waals surface area contributed by atoms with E-state index >= 15 is 0 Å². The molecule has 2 heteroatoms. The van der Waals surface area contributed by atoms with Crippen molar-refractivity contribution in [3.63, 3.8) is 0 Å². The first kappa shape index (κ1) is 14.2. The minimum absolute atomic E-state index is 0.156. The lowest BCUT2D eigenvalue weighted by atomic mass is 9.98. The van der Waals surface area contributed by atoms with E-state index in [1.807, 2.05) is 12.1 Å². The minimum atomic E-state index is -0.156. The van der Waals surface area contributed by atoms with E-state index < -0.39 is 0 Å². The Morgan fingerprint density at radius 1 is 1.05 bits per heavy atom. The standard InChI is InChI=1S/C17H26O2/c1-13-12-15(18-14-8-6-5-7-9-14)10-11-16(13)19-17(2,3)4/h10-12,14H,5-9H2,1-4H3. The van der Waals surface area contributed by atoms with Crippen molar-refractivity contribution in [1.29, 1.82) is 0 Å². The highest BCUT2D eigenvalue weighted by molar-refractivity contribution is 5.39. The number of rotatable bonds is 3. The van der Waals surface area contributed by atoms with Crippen molar-refractivity contribution in [2.75, 3.05) is 0 Å². The fourth-order valence-corrected chi connectivity index (χ4v) is 2.52. The molecule has 2 nitrogen and oxygen atoms in total. The molecule has 1 aromatic rings. The summed E-state index contributed by atoms with van der Waals surface area (Å²) in [4.78, 5) is 0. The van der Waals surface area contributed by atoms with Crippen LogP contribution < -0.4 is 9.47 Å². The van der Waals surface area contributed by atoms with Crippen LogP contribution in [0.2, 0.25) is 0 Å². The lowest BCUT2D eigenvalue weighted by Crippen LogP contribution is -2.23. The molecule has 0 spiro atoms. The third-order valence-corrected chi connectivity index (χ3v) is 3.42. The van der Waals surface area contributed by atoms with E-state index in [0.717, 1.165) is 17.1 Å². The van der Waals surface area contributed by atoms with Gasteiger partial charge in [0.2, 0.25) is 0 Å². The van der Waals surface area contributed by atoms with Gasteiger partial charge < -0.3 is 9.47 Å². The van der Waals surface area contributed by atoms with Crippen molar-refractivity contribution in [2.45, 2.75) is 71.5 Å². The van der Waals surface area contributed by atoms with E-state index in [2.05, 4.69) is 33.8 Å². The van der Waals surface area contributed by atoms with Crippen LogP contribution in [-0.4, -0.2) is 11.7 Å². The molecule has 0 saturated heterocycles. The second-order valence-corrected chi connectivity index (χ2v) is 6.52. The fraction of sp³-hybridized carbons (Fsp3) is 0.647. The van der Waals surface area contributed by atoms with Gasteiger partial charge >= 0.3 is 0 Å². The molecule has 0 heterocycles. The third-order valence-electron chi connectivity index (χ3n) is 3.42. The van der Waals surface area contributed by atoms with E-state index in [4.69, 9.17) is 9.47 Å². The molecule has 1 fully saturated rings. The topological polar surface area (TPSA) is 18.5 Å². The summed E-state index contributed by atoms with van der Waals surface area (Å²) in [7, 11) is 0. The predicted octanol–water partition coefficient (Wildman–Crippen LogP) is 4.88. The maximum atomic E-state index is 6.07. The van der Waals surface area contributed by atoms with Crippen molar-refractivity contribution < 1.29 is 9.47 Å². The van der Waals surface area contributed by atoms with Crippen LogP contribution in [0.5, 0.6) is 11.5 Å². The average molecular weight is 262 g/mol. The van der Waals surface area contributed by atoms with Gasteiger partial charge in [-0.25, -0.2) is 0 Å². The lowest BCUT2D eigenvalue weighted by Gasteiger charge is -2.25. The lowest BCUT2D eigenvalue weighted by molar-refractivity contribution is 0.128. The number of benzene rings is 1. The Morgan fingerprint density at radius 3 is 2.32 bits per heavy atom. The normalized spacial score (nSPS) is 17.3. The molecule has 0 aliphatic heterocycles. The molecule has 1 aliphatic carbocycles. The zero-order valence-corrected chi connectivity index (χ0v) is 12.7. The van der Waals surface area contributed by atoms with Gasteiger partial charge in [-0.15, -0.1) is 0 Å².